The van der Waals surface area contributed by atoms with Gasteiger partial charge in [0.25, 0.3) is 0 Å². The molecule has 0 rings (SSSR count). The summed E-state index contributed by atoms with van der Waals surface area (Å²) in [7, 11) is 0. The van der Waals surface area contributed by atoms with E-state index < -0.39 is 0 Å². The second-order valence-corrected chi connectivity index (χ2v) is 7.49. The Labute approximate surface area is 162 Å². The third-order valence-electron chi connectivity index (χ3n) is 5.04. The van der Waals surface area contributed by atoms with Crippen LogP contribution in [0.15, 0.2) is 11.6 Å². The number of ether oxygens (including phenoxy) is 1. The van der Waals surface area contributed by atoms with Gasteiger partial charge in [0, 0.05) is 12.2 Å². The number of carbonyl (C=O) groups excluding carboxylic acids is 1. The summed E-state index contributed by atoms with van der Waals surface area (Å²) in [6.45, 7) is 4.57. The fourth-order valence-corrected chi connectivity index (χ4v) is 3.09. The zero-order valence-corrected chi connectivity index (χ0v) is 17.6. The summed E-state index contributed by atoms with van der Waals surface area (Å²) in [5, 5.41) is 8.72. The lowest BCUT2D eigenvalue weighted by Crippen LogP contribution is -2.06. The Balaban J connectivity index is 3.10. The molecule has 0 atom stereocenters. The Bertz CT molecular complexity index is 336. The molecule has 0 aliphatic carbocycles. The molecule has 26 heavy (non-hydrogen) atoms. The lowest BCUT2D eigenvalue weighted by molar-refractivity contribution is -0.139. The Morgan fingerprint density at radius 3 is 1.38 bits per heavy atom. The summed E-state index contributed by atoms with van der Waals surface area (Å²) >= 11 is 0. The van der Waals surface area contributed by atoms with Crippen LogP contribution in [-0.4, -0.2) is 24.3 Å². The van der Waals surface area contributed by atoms with Crippen molar-refractivity contribution in [2.24, 2.45) is 0 Å². The molecule has 0 aliphatic heterocycles. The van der Waals surface area contributed by atoms with Crippen LogP contribution in [0.4, 0.5) is 0 Å². The van der Waals surface area contributed by atoms with E-state index in [2.05, 4.69) is 0 Å². The quantitative estimate of drug-likeness (QED) is 0.156. The highest BCUT2D eigenvalue weighted by atomic mass is 16.5. The molecule has 154 valence electrons. The summed E-state index contributed by atoms with van der Waals surface area (Å²) in [5.41, 5.74) is 0.697. The van der Waals surface area contributed by atoms with Gasteiger partial charge in [-0.05, 0) is 26.7 Å². The van der Waals surface area contributed by atoms with Gasteiger partial charge in [0.2, 0.25) is 0 Å². The van der Waals surface area contributed by atoms with Crippen LogP contribution in [0.1, 0.15) is 117 Å². The summed E-state index contributed by atoms with van der Waals surface area (Å²) < 4.78 is 5.20. The smallest absolute Gasteiger partial charge is 0.333 e. The van der Waals surface area contributed by atoms with E-state index >= 15 is 0 Å². The Morgan fingerprint density at radius 1 is 0.692 bits per heavy atom. The largest absolute Gasteiger partial charge is 0.462 e. The number of aliphatic hydroxyl groups is 1. The van der Waals surface area contributed by atoms with Crippen molar-refractivity contribution in [3.63, 3.8) is 0 Å². The maximum absolute atomic E-state index is 11.4. The van der Waals surface area contributed by atoms with Gasteiger partial charge in [-0.2, -0.15) is 0 Å². The molecule has 0 unspecified atom stereocenters. The minimum atomic E-state index is -0.172. The van der Waals surface area contributed by atoms with Crippen molar-refractivity contribution < 1.29 is 14.6 Å². The molecule has 0 aromatic heterocycles. The van der Waals surface area contributed by atoms with Crippen LogP contribution < -0.4 is 0 Å². The number of unbranched alkanes of at least 4 members (excludes halogenated alkanes) is 15. The van der Waals surface area contributed by atoms with Crippen molar-refractivity contribution >= 4 is 5.97 Å². The van der Waals surface area contributed by atoms with E-state index in [4.69, 9.17) is 9.84 Å². The first kappa shape index (κ1) is 25.2. The first-order valence-corrected chi connectivity index (χ1v) is 11.1. The SMILES string of the molecule is CC=C(C)C(=O)OCCCCCCCCCCCCCCCCCCO. The van der Waals surface area contributed by atoms with E-state index in [0.29, 0.717) is 18.8 Å². The van der Waals surface area contributed by atoms with Gasteiger partial charge in [0.1, 0.15) is 0 Å². The maximum Gasteiger partial charge on any atom is 0.333 e. The minimum Gasteiger partial charge on any atom is -0.462 e. The van der Waals surface area contributed by atoms with Gasteiger partial charge in [-0.15, -0.1) is 0 Å². The number of esters is 1. The topological polar surface area (TPSA) is 46.5 Å². The van der Waals surface area contributed by atoms with E-state index in [9.17, 15) is 4.79 Å². The Hall–Kier alpha value is -0.830. The van der Waals surface area contributed by atoms with E-state index in [1.807, 2.05) is 6.92 Å². The van der Waals surface area contributed by atoms with Crippen molar-refractivity contribution in [2.75, 3.05) is 13.2 Å². The van der Waals surface area contributed by atoms with E-state index in [1.54, 1.807) is 13.0 Å². The monoisotopic (exact) mass is 368 g/mol. The van der Waals surface area contributed by atoms with Gasteiger partial charge in [-0.25, -0.2) is 4.79 Å². The molecule has 0 heterocycles. The zero-order chi connectivity index (χ0) is 19.3. The Morgan fingerprint density at radius 2 is 1.04 bits per heavy atom. The molecule has 3 nitrogen and oxygen atoms in total. The van der Waals surface area contributed by atoms with Gasteiger partial charge in [-0.3, -0.25) is 0 Å². The van der Waals surface area contributed by atoms with Crippen LogP contribution in [0.3, 0.4) is 0 Å². The predicted molar refractivity (Wildman–Crippen MR) is 111 cm³/mol. The fraction of sp³-hybridized carbons (Fsp3) is 0.870. The predicted octanol–water partition coefficient (Wildman–Crippen LogP) is 6.73. The average molecular weight is 369 g/mol. The number of hydrogen-bond acceptors (Lipinski definition) is 3. The number of rotatable bonds is 19. The van der Waals surface area contributed by atoms with Crippen LogP contribution in [-0.2, 0) is 9.53 Å². The molecule has 0 saturated heterocycles. The van der Waals surface area contributed by atoms with Crippen LogP contribution in [0, 0.1) is 0 Å². The molecule has 0 spiro atoms. The lowest BCUT2D eigenvalue weighted by atomic mass is 10.0. The number of allylic oxidation sites excluding steroid dienone is 1. The van der Waals surface area contributed by atoms with E-state index in [1.165, 1.54) is 89.9 Å². The van der Waals surface area contributed by atoms with Crippen molar-refractivity contribution in [2.45, 2.75) is 117 Å². The maximum atomic E-state index is 11.4. The molecule has 0 fully saturated rings. The number of hydrogen-bond donors (Lipinski definition) is 1. The van der Waals surface area contributed by atoms with Crippen molar-refractivity contribution in [3.05, 3.63) is 11.6 Å². The van der Waals surface area contributed by atoms with Crippen LogP contribution in [0.5, 0.6) is 0 Å². The third kappa shape index (κ3) is 18.0. The summed E-state index contributed by atoms with van der Waals surface area (Å²) in [6, 6.07) is 0. The van der Waals surface area contributed by atoms with Crippen LogP contribution >= 0.6 is 0 Å². The van der Waals surface area contributed by atoms with Crippen molar-refractivity contribution in [1.82, 2.24) is 0 Å². The minimum absolute atomic E-state index is 0.172. The van der Waals surface area contributed by atoms with Gasteiger partial charge in [-0.1, -0.05) is 96.0 Å². The summed E-state index contributed by atoms with van der Waals surface area (Å²) in [4.78, 5) is 11.4. The normalized spacial score (nSPS) is 11.7. The molecule has 0 aliphatic rings. The molecule has 0 amide bonds. The second kappa shape index (κ2) is 20.5. The van der Waals surface area contributed by atoms with Crippen molar-refractivity contribution in [3.8, 4) is 0 Å². The Kier molecular flexibility index (Phi) is 19.8. The molecule has 0 aromatic carbocycles. The third-order valence-corrected chi connectivity index (χ3v) is 5.04. The van der Waals surface area contributed by atoms with Gasteiger partial charge in [0.15, 0.2) is 0 Å². The number of carbonyl (C=O) groups is 1. The molecular formula is C23H44O3. The zero-order valence-electron chi connectivity index (χ0n) is 17.6. The van der Waals surface area contributed by atoms with E-state index in [0.717, 1.165) is 12.8 Å². The van der Waals surface area contributed by atoms with Crippen LogP contribution in [0.25, 0.3) is 0 Å². The standard InChI is InChI=1S/C23H44O3/c1-3-22(2)23(25)26-21-19-17-15-13-11-9-7-5-4-6-8-10-12-14-16-18-20-24/h3,24H,4-21H2,1-2H3. The molecule has 3 heteroatoms. The van der Waals surface area contributed by atoms with Crippen LogP contribution in [0.2, 0.25) is 0 Å². The molecule has 0 bridgehead atoms. The fourth-order valence-electron chi connectivity index (χ4n) is 3.09. The number of aliphatic hydroxyl groups excluding tert-OH is 1. The van der Waals surface area contributed by atoms with Gasteiger partial charge >= 0.3 is 5.97 Å². The average Bonchev–Trinajstić information content (AvgIpc) is 2.66. The highest BCUT2D eigenvalue weighted by molar-refractivity contribution is 5.87. The molecule has 1 N–H and O–H groups in total. The molecule has 0 radical (unpaired) electrons. The van der Waals surface area contributed by atoms with Gasteiger partial charge < -0.3 is 9.84 Å². The molecular weight excluding hydrogens is 324 g/mol. The van der Waals surface area contributed by atoms with Gasteiger partial charge in [0.05, 0.1) is 6.61 Å². The highest BCUT2D eigenvalue weighted by Crippen LogP contribution is 2.13. The van der Waals surface area contributed by atoms with E-state index in [-0.39, 0.29) is 5.97 Å². The summed E-state index contributed by atoms with van der Waals surface area (Å²) in [6.07, 6.45) is 22.4. The summed E-state index contributed by atoms with van der Waals surface area (Å²) in [5.74, 6) is -0.172. The first-order chi connectivity index (χ1) is 12.7. The molecule has 0 aromatic rings. The highest BCUT2D eigenvalue weighted by Gasteiger charge is 2.03. The first-order valence-electron chi connectivity index (χ1n) is 11.1. The molecule has 0 saturated carbocycles. The van der Waals surface area contributed by atoms with Crippen molar-refractivity contribution in [1.29, 1.82) is 0 Å². The second-order valence-electron chi connectivity index (χ2n) is 7.49. The lowest BCUT2D eigenvalue weighted by Gasteiger charge is -2.05.